The molecular weight excluding hydrogens is 211 g/mol. The number of methoxy groups -OCH3 is 2. The van der Waals surface area contributed by atoms with Crippen LogP contribution in [0.1, 0.15) is 24.2 Å². The van der Waals surface area contributed by atoms with Gasteiger partial charge in [0, 0.05) is 12.2 Å². The van der Waals surface area contributed by atoms with Gasteiger partial charge in [0.1, 0.15) is 6.17 Å². The molecule has 0 bridgehead atoms. The number of rotatable bonds is 5. The Morgan fingerprint density at radius 3 is 2.44 bits per heavy atom. The maximum atomic E-state index is 13.4. The number of alkyl halides is 1. The zero-order valence-corrected chi connectivity index (χ0v) is 9.79. The average Bonchev–Trinajstić information content (AvgIpc) is 2.28. The molecule has 1 aromatic rings. The van der Waals surface area contributed by atoms with Crippen LogP contribution in [-0.4, -0.2) is 25.9 Å². The molecule has 0 radical (unpaired) electrons. The van der Waals surface area contributed by atoms with Gasteiger partial charge in [0.25, 0.3) is 0 Å². The topological polar surface area (TPSA) is 38.7 Å². The Kier molecular flexibility index (Phi) is 4.55. The summed E-state index contributed by atoms with van der Waals surface area (Å²) >= 11 is 0. The summed E-state index contributed by atoms with van der Waals surface area (Å²) in [5.74, 6) is 0.909. The van der Waals surface area contributed by atoms with E-state index in [4.69, 9.17) is 14.6 Å². The molecule has 4 heteroatoms. The number of ether oxygens (including phenoxy) is 2. The van der Waals surface area contributed by atoms with Crippen molar-refractivity contribution in [2.24, 2.45) is 0 Å². The fourth-order valence-corrected chi connectivity index (χ4v) is 1.62. The van der Waals surface area contributed by atoms with E-state index in [1.54, 1.807) is 12.1 Å². The van der Waals surface area contributed by atoms with E-state index < -0.39 is 6.17 Å². The highest BCUT2D eigenvalue weighted by Crippen LogP contribution is 2.37. The second kappa shape index (κ2) is 5.70. The number of aliphatic hydroxyl groups is 1. The van der Waals surface area contributed by atoms with Gasteiger partial charge in [-0.3, -0.25) is 0 Å². The molecule has 0 heterocycles. The van der Waals surface area contributed by atoms with Crippen LogP contribution in [0.4, 0.5) is 4.39 Å². The van der Waals surface area contributed by atoms with Gasteiger partial charge < -0.3 is 14.6 Å². The monoisotopic (exact) mass is 228 g/mol. The quantitative estimate of drug-likeness (QED) is 0.840. The minimum Gasteiger partial charge on any atom is -0.493 e. The maximum absolute atomic E-state index is 13.4. The molecule has 1 aromatic carbocycles. The van der Waals surface area contributed by atoms with Gasteiger partial charge in [0.05, 0.1) is 14.2 Å². The molecule has 0 aromatic heterocycles. The van der Waals surface area contributed by atoms with E-state index in [1.807, 2.05) is 0 Å². The van der Waals surface area contributed by atoms with Gasteiger partial charge >= 0.3 is 0 Å². The van der Waals surface area contributed by atoms with Crippen molar-refractivity contribution in [2.45, 2.75) is 19.5 Å². The predicted molar refractivity (Wildman–Crippen MR) is 59.9 cm³/mol. The summed E-state index contributed by atoms with van der Waals surface area (Å²) in [6.45, 7) is 1.47. The number of benzene rings is 1. The van der Waals surface area contributed by atoms with Gasteiger partial charge in [-0.15, -0.1) is 0 Å². The first-order valence-corrected chi connectivity index (χ1v) is 5.13. The van der Waals surface area contributed by atoms with Crippen LogP contribution >= 0.6 is 0 Å². The fourth-order valence-electron chi connectivity index (χ4n) is 1.62. The number of hydrogen-bond donors (Lipinski definition) is 1. The van der Waals surface area contributed by atoms with Crippen molar-refractivity contribution in [1.82, 2.24) is 0 Å². The summed E-state index contributed by atoms with van der Waals surface area (Å²) in [4.78, 5) is 0. The molecule has 1 atom stereocenters. The van der Waals surface area contributed by atoms with E-state index in [9.17, 15) is 4.39 Å². The average molecular weight is 228 g/mol. The first-order valence-electron chi connectivity index (χ1n) is 5.13. The second-order valence-electron chi connectivity index (χ2n) is 3.51. The SMILES string of the molecule is COc1cc(CCO)cc(C(C)F)c1OC. The molecule has 1 rings (SSSR count). The van der Waals surface area contributed by atoms with E-state index in [0.29, 0.717) is 23.5 Å². The third-order valence-corrected chi connectivity index (χ3v) is 2.40. The first kappa shape index (κ1) is 12.8. The minimum absolute atomic E-state index is 0.0234. The third kappa shape index (κ3) is 2.64. The van der Waals surface area contributed by atoms with Crippen molar-refractivity contribution < 1.29 is 19.0 Å². The number of aliphatic hydroxyl groups excluding tert-OH is 1. The van der Waals surface area contributed by atoms with Crippen LogP contribution in [0, 0.1) is 0 Å². The molecular formula is C12H17FO3. The van der Waals surface area contributed by atoms with Gasteiger partial charge in [-0.1, -0.05) is 0 Å². The molecule has 0 fully saturated rings. The summed E-state index contributed by atoms with van der Waals surface area (Å²) in [5.41, 5.74) is 1.28. The van der Waals surface area contributed by atoms with Crippen LogP contribution < -0.4 is 9.47 Å². The van der Waals surface area contributed by atoms with Crippen molar-refractivity contribution in [2.75, 3.05) is 20.8 Å². The van der Waals surface area contributed by atoms with Gasteiger partial charge in [0.2, 0.25) is 0 Å². The summed E-state index contributed by atoms with van der Waals surface area (Å²) in [6, 6.07) is 3.45. The molecule has 0 spiro atoms. The van der Waals surface area contributed by atoms with Crippen LogP contribution in [0.2, 0.25) is 0 Å². The van der Waals surface area contributed by atoms with E-state index in [-0.39, 0.29) is 6.61 Å². The van der Waals surface area contributed by atoms with Crippen LogP contribution in [0.25, 0.3) is 0 Å². The van der Waals surface area contributed by atoms with Gasteiger partial charge in [-0.05, 0) is 31.0 Å². The highest BCUT2D eigenvalue weighted by Gasteiger charge is 2.16. The van der Waals surface area contributed by atoms with E-state index >= 15 is 0 Å². The fraction of sp³-hybridized carbons (Fsp3) is 0.500. The minimum atomic E-state index is -1.14. The summed E-state index contributed by atoms with van der Waals surface area (Å²) < 4.78 is 23.7. The van der Waals surface area contributed by atoms with Crippen LogP contribution in [0.3, 0.4) is 0 Å². The highest BCUT2D eigenvalue weighted by atomic mass is 19.1. The third-order valence-electron chi connectivity index (χ3n) is 2.40. The summed E-state index contributed by atoms with van der Waals surface area (Å²) in [7, 11) is 2.99. The normalized spacial score (nSPS) is 12.3. The number of halogens is 1. The Bertz CT molecular complexity index is 350. The van der Waals surface area contributed by atoms with E-state index in [0.717, 1.165) is 5.56 Å². The lowest BCUT2D eigenvalue weighted by Crippen LogP contribution is -2.00. The van der Waals surface area contributed by atoms with Crippen LogP contribution in [0.5, 0.6) is 11.5 Å². The predicted octanol–water partition coefficient (Wildman–Crippen LogP) is 2.27. The largest absolute Gasteiger partial charge is 0.493 e. The van der Waals surface area contributed by atoms with Gasteiger partial charge in [-0.2, -0.15) is 0 Å². The highest BCUT2D eigenvalue weighted by molar-refractivity contribution is 5.50. The molecule has 1 N–H and O–H groups in total. The van der Waals surface area contributed by atoms with Crippen molar-refractivity contribution in [1.29, 1.82) is 0 Å². The van der Waals surface area contributed by atoms with Crippen LogP contribution in [0.15, 0.2) is 12.1 Å². The Labute approximate surface area is 94.8 Å². The zero-order valence-electron chi connectivity index (χ0n) is 9.79. The zero-order chi connectivity index (χ0) is 12.1. The maximum Gasteiger partial charge on any atom is 0.166 e. The van der Waals surface area contributed by atoms with Crippen molar-refractivity contribution >= 4 is 0 Å². The van der Waals surface area contributed by atoms with Gasteiger partial charge in [-0.25, -0.2) is 4.39 Å². The molecule has 3 nitrogen and oxygen atoms in total. The molecule has 0 saturated carbocycles. The summed E-state index contributed by atoms with van der Waals surface area (Å²) in [5, 5.41) is 8.87. The molecule has 0 aliphatic heterocycles. The lowest BCUT2D eigenvalue weighted by molar-refractivity contribution is 0.297. The molecule has 16 heavy (non-hydrogen) atoms. The lowest BCUT2D eigenvalue weighted by atomic mass is 10.0. The Morgan fingerprint density at radius 2 is 2.00 bits per heavy atom. The molecule has 90 valence electrons. The Morgan fingerprint density at radius 1 is 1.31 bits per heavy atom. The first-order chi connectivity index (χ1) is 7.63. The van der Waals surface area contributed by atoms with Gasteiger partial charge in [0.15, 0.2) is 11.5 Å². The van der Waals surface area contributed by atoms with Crippen molar-refractivity contribution in [3.05, 3.63) is 23.3 Å². The Hall–Kier alpha value is -1.29. The van der Waals surface area contributed by atoms with E-state index in [2.05, 4.69) is 0 Å². The molecule has 0 aliphatic rings. The second-order valence-corrected chi connectivity index (χ2v) is 3.51. The van der Waals surface area contributed by atoms with Crippen molar-refractivity contribution in [3.8, 4) is 11.5 Å². The molecule has 0 saturated heterocycles. The summed E-state index contributed by atoms with van der Waals surface area (Å²) in [6.07, 6.45) is -0.664. The number of hydrogen-bond acceptors (Lipinski definition) is 3. The van der Waals surface area contributed by atoms with Crippen LogP contribution in [-0.2, 0) is 6.42 Å². The molecule has 1 unspecified atom stereocenters. The Balaban J connectivity index is 3.25. The molecule has 0 amide bonds. The lowest BCUT2D eigenvalue weighted by Gasteiger charge is -2.15. The molecule has 0 aliphatic carbocycles. The van der Waals surface area contributed by atoms with E-state index in [1.165, 1.54) is 21.1 Å². The van der Waals surface area contributed by atoms with Crippen molar-refractivity contribution in [3.63, 3.8) is 0 Å². The smallest absolute Gasteiger partial charge is 0.166 e. The standard InChI is InChI=1S/C12H17FO3/c1-8(13)10-6-9(4-5-14)7-11(15-2)12(10)16-3/h6-8,14H,4-5H2,1-3H3.